The summed E-state index contributed by atoms with van der Waals surface area (Å²) >= 11 is 1.43. The molecule has 2 amide bonds. The number of thiazole rings is 1. The second-order valence-corrected chi connectivity index (χ2v) is 7.98. The number of piperidine rings is 1. The number of likely N-dealkylation sites (tertiary alicyclic amines) is 1. The summed E-state index contributed by atoms with van der Waals surface area (Å²) < 4.78 is 0. The summed E-state index contributed by atoms with van der Waals surface area (Å²) in [5.74, 6) is 0.999. The van der Waals surface area contributed by atoms with Crippen molar-refractivity contribution in [3.05, 3.63) is 65.0 Å². The van der Waals surface area contributed by atoms with E-state index >= 15 is 0 Å². The molecule has 1 saturated heterocycles. The van der Waals surface area contributed by atoms with Gasteiger partial charge in [-0.2, -0.15) is 0 Å². The molecule has 0 unspecified atom stereocenters. The fraction of sp³-hybridized carbons (Fsp3) is 0.273. The Kier molecular flexibility index (Phi) is 6.32. The van der Waals surface area contributed by atoms with Crippen molar-refractivity contribution in [3.63, 3.8) is 0 Å². The van der Waals surface area contributed by atoms with E-state index in [9.17, 15) is 4.79 Å². The third-order valence-corrected chi connectivity index (χ3v) is 5.76. The molecule has 7 nitrogen and oxygen atoms in total. The van der Waals surface area contributed by atoms with Crippen LogP contribution in [0, 0.1) is 6.57 Å². The van der Waals surface area contributed by atoms with E-state index in [4.69, 9.17) is 6.57 Å². The second-order valence-electron chi connectivity index (χ2n) is 7.13. The van der Waals surface area contributed by atoms with Crippen molar-refractivity contribution in [2.45, 2.75) is 25.8 Å². The average Bonchev–Trinajstić information content (AvgIpc) is 3.23. The third-order valence-electron chi connectivity index (χ3n) is 4.87. The van der Waals surface area contributed by atoms with Crippen molar-refractivity contribution in [2.75, 3.05) is 23.7 Å². The van der Waals surface area contributed by atoms with Crippen molar-refractivity contribution in [1.29, 1.82) is 0 Å². The van der Waals surface area contributed by atoms with Gasteiger partial charge in [0.1, 0.15) is 16.6 Å². The van der Waals surface area contributed by atoms with Crippen LogP contribution in [0.25, 0.3) is 15.4 Å². The number of aromatic nitrogens is 2. The quantitative estimate of drug-likeness (QED) is 0.545. The topological polar surface area (TPSA) is 74.5 Å². The van der Waals surface area contributed by atoms with Crippen LogP contribution >= 0.6 is 11.3 Å². The summed E-state index contributed by atoms with van der Waals surface area (Å²) in [7, 11) is 0. The Bertz CT molecular complexity index is 1050. The van der Waals surface area contributed by atoms with E-state index in [1.165, 1.54) is 30.6 Å². The molecule has 0 bridgehead atoms. The van der Waals surface area contributed by atoms with Gasteiger partial charge in [-0.05, 0) is 38.1 Å². The molecule has 0 aliphatic carbocycles. The van der Waals surface area contributed by atoms with Gasteiger partial charge in [0.2, 0.25) is 0 Å². The molecule has 4 rings (SSSR count). The maximum Gasteiger partial charge on any atom is 0.326 e. The number of carbonyl (C=O) groups is 1. The van der Waals surface area contributed by atoms with E-state index in [0.29, 0.717) is 17.3 Å². The smallest absolute Gasteiger partial charge is 0.298 e. The van der Waals surface area contributed by atoms with Gasteiger partial charge in [0.15, 0.2) is 5.69 Å². The van der Waals surface area contributed by atoms with Crippen LogP contribution in [0.3, 0.4) is 0 Å². The third kappa shape index (κ3) is 5.20. The molecule has 3 heterocycles. The highest BCUT2D eigenvalue weighted by molar-refractivity contribution is 7.13. The van der Waals surface area contributed by atoms with Gasteiger partial charge < -0.3 is 0 Å². The van der Waals surface area contributed by atoms with Crippen LogP contribution in [0.5, 0.6) is 0 Å². The van der Waals surface area contributed by atoms with Crippen molar-refractivity contribution < 1.29 is 4.79 Å². The molecule has 152 valence electrons. The molecule has 0 radical (unpaired) electrons. The van der Waals surface area contributed by atoms with Crippen molar-refractivity contribution in [1.82, 2.24) is 14.9 Å². The first-order valence-electron chi connectivity index (χ1n) is 9.89. The van der Waals surface area contributed by atoms with E-state index in [0.717, 1.165) is 35.9 Å². The lowest BCUT2D eigenvalue weighted by Crippen LogP contribution is -2.29. The van der Waals surface area contributed by atoms with E-state index in [-0.39, 0.29) is 6.03 Å². The van der Waals surface area contributed by atoms with Gasteiger partial charge in [-0.25, -0.2) is 19.6 Å². The number of urea groups is 1. The number of anilines is 2. The molecule has 0 atom stereocenters. The second kappa shape index (κ2) is 9.48. The number of rotatable bonds is 5. The van der Waals surface area contributed by atoms with Crippen LogP contribution in [0.15, 0.2) is 47.8 Å². The Hall–Kier alpha value is -3.28. The monoisotopic (exact) mass is 418 g/mol. The molecule has 3 aromatic rings. The maximum absolute atomic E-state index is 12.4. The van der Waals surface area contributed by atoms with Crippen LogP contribution in [-0.4, -0.2) is 34.0 Å². The van der Waals surface area contributed by atoms with Crippen LogP contribution < -0.4 is 10.6 Å². The number of pyridine rings is 1. The molecule has 30 heavy (non-hydrogen) atoms. The molecule has 1 aliphatic heterocycles. The van der Waals surface area contributed by atoms with Crippen molar-refractivity contribution >= 4 is 34.7 Å². The highest BCUT2D eigenvalue weighted by atomic mass is 32.1. The first-order chi connectivity index (χ1) is 14.7. The molecule has 2 aromatic heterocycles. The zero-order valence-corrected chi connectivity index (χ0v) is 17.3. The van der Waals surface area contributed by atoms with Crippen LogP contribution in [0.4, 0.5) is 22.1 Å². The fourth-order valence-electron chi connectivity index (χ4n) is 3.39. The predicted octanol–water partition coefficient (Wildman–Crippen LogP) is 5.39. The minimum Gasteiger partial charge on any atom is -0.298 e. The number of amides is 2. The first kappa shape index (κ1) is 20.0. The molecule has 1 aliphatic rings. The Morgan fingerprint density at radius 1 is 1.03 bits per heavy atom. The molecule has 2 N–H and O–H groups in total. The van der Waals surface area contributed by atoms with E-state index < -0.39 is 0 Å². The SMILES string of the molecule is [C-]#[N+]c1ccc(-c2nc(NC(=O)Nc3cccc(CN4CCCCC4)n3)cs2)cc1. The first-order valence-corrected chi connectivity index (χ1v) is 10.8. The minimum absolute atomic E-state index is 0.377. The van der Waals surface area contributed by atoms with Gasteiger partial charge in [0.05, 0.1) is 12.3 Å². The normalized spacial score (nSPS) is 14.1. The summed E-state index contributed by atoms with van der Waals surface area (Å²) in [6.45, 7) is 10.0. The molecule has 1 fully saturated rings. The van der Waals surface area contributed by atoms with Gasteiger partial charge in [-0.15, -0.1) is 11.3 Å². The summed E-state index contributed by atoms with van der Waals surface area (Å²) in [5.41, 5.74) is 2.45. The number of carbonyl (C=O) groups excluding carboxylic acids is 1. The van der Waals surface area contributed by atoms with Gasteiger partial charge in [0.25, 0.3) is 0 Å². The Morgan fingerprint density at radius 2 is 1.80 bits per heavy atom. The molecule has 0 spiro atoms. The zero-order valence-electron chi connectivity index (χ0n) is 16.5. The van der Waals surface area contributed by atoms with Crippen molar-refractivity contribution in [3.8, 4) is 10.6 Å². The van der Waals surface area contributed by atoms with Crippen LogP contribution in [0.2, 0.25) is 0 Å². The minimum atomic E-state index is -0.377. The van der Waals surface area contributed by atoms with Gasteiger partial charge >= 0.3 is 6.03 Å². The Balaban J connectivity index is 1.35. The van der Waals surface area contributed by atoms with Crippen LogP contribution in [-0.2, 0) is 6.54 Å². The van der Waals surface area contributed by atoms with E-state index in [2.05, 4.69) is 30.3 Å². The van der Waals surface area contributed by atoms with E-state index in [1.54, 1.807) is 23.6 Å². The van der Waals surface area contributed by atoms with Crippen molar-refractivity contribution in [2.24, 2.45) is 0 Å². The molecule has 8 heteroatoms. The largest absolute Gasteiger partial charge is 0.326 e. The highest BCUT2D eigenvalue weighted by Gasteiger charge is 2.12. The Labute approximate surface area is 179 Å². The molecule has 1 aromatic carbocycles. The summed E-state index contributed by atoms with van der Waals surface area (Å²) in [6, 6.07) is 12.5. The summed E-state index contributed by atoms with van der Waals surface area (Å²) in [5, 5.41) is 8.11. The lowest BCUT2D eigenvalue weighted by Gasteiger charge is -2.26. The fourth-order valence-corrected chi connectivity index (χ4v) is 4.15. The Morgan fingerprint density at radius 3 is 2.57 bits per heavy atom. The number of nitrogens with zero attached hydrogens (tertiary/aromatic N) is 4. The number of hydrogen-bond donors (Lipinski definition) is 2. The highest BCUT2D eigenvalue weighted by Crippen LogP contribution is 2.27. The van der Waals surface area contributed by atoms with Gasteiger partial charge in [0, 0.05) is 17.5 Å². The lowest BCUT2D eigenvalue weighted by atomic mass is 10.1. The van der Waals surface area contributed by atoms with Gasteiger partial charge in [-0.3, -0.25) is 15.5 Å². The lowest BCUT2D eigenvalue weighted by molar-refractivity contribution is 0.218. The van der Waals surface area contributed by atoms with Crippen LogP contribution in [0.1, 0.15) is 25.0 Å². The standard InChI is InChI=1S/C22H22N6OS/c1-23-17-10-8-16(9-11-17)21-25-20(15-30-21)27-22(29)26-19-7-5-6-18(24-19)14-28-12-3-2-4-13-28/h5-11,15H,2-4,12-14H2,(H2,24,26,27,29). The molecule has 0 saturated carbocycles. The number of benzene rings is 1. The average molecular weight is 419 g/mol. The molecular formula is C22H22N6OS. The van der Waals surface area contributed by atoms with E-state index in [1.807, 2.05) is 24.3 Å². The van der Waals surface area contributed by atoms with Gasteiger partial charge in [-0.1, -0.05) is 36.8 Å². The number of nitrogens with one attached hydrogen (secondary N) is 2. The zero-order chi connectivity index (χ0) is 20.8. The maximum atomic E-state index is 12.4. The summed E-state index contributed by atoms with van der Waals surface area (Å²) in [4.78, 5) is 27.2. The number of hydrogen-bond acceptors (Lipinski definition) is 5. The predicted molar refractivity (Wildman–Crippen MR) is 120 cm³/mol. The molecular weight excluding hydrogens is 396 g/mol. The summed E-state index contributed by atoms with van der Waals surface area (Å²) in [6.07, 6.45) is 3.77.